The molecule has 4 heterocycles. The van der Waals surface area contributed by atoms with E-state index in [0.29, 0.717) is 5.02 Å². The number of benzene rings is 4. The van der Waals surface area contributed by atoms with Gasteiger partial charge in [0, 0.05) is 67.3 Å². The number of pyridine rings is 1. The van der Waals surface area contributed by atoms with Crippen LogP contribution in [0.15, 0.2) is 110 Å². The van der Waals surface area contributed by atoms with Crippen LogP contribution < -0.4 is 0 Å². The molecule has 0 aliphatic carbocycles. The van der Waals surface area contributed by atoms with E-state index in [1.807, 2.05) is 54.9 Å². The topological polar surface area (TPSA) is 70.2 Å². The predicted octanol–water partition coefficient (Wildman–Crippen LogP) is 8.91. The predicted molar refractivity (Wildman–Crippen MR) is 168 cm³/mol. The molecule has 0 bridgehead atoms. The van der Waals surface area contributed by atoms with Gasteiger partial charge in [0.05, 0.1) is 16.7 Å². The monoisotopic (exact) mass is 549 g/mol. The van der Waals surface area contributed by atoms with Crippen molar-refractivity contribution >= 4 is 55.2 Å². The number of nitrogens with one attached hydrogen (secondary N) is 2. The first-order chi connectivity index (χ1) is 20.2. The number of aromatic nitrogens is 5. The first-order valence-electron chi connectivity index (χ1n) is 13.7. The maximum atomic E-state index is 6.23. The SMILES string of the molecule is Clc1ccc2ccc(-c3c[nH]c4c(CCc5cccc6c(-c7ncc8ccccc8n7)c[nH]c56)cccc34)nc2c1. The van der Waals surface area contributed by atoms with E-state index in [1.165, 1.54) is 16.5 Å². The van der Waals surface area contributed by atoms with Crippen molar-refractivity contribution in [2.45, 2.75) is 12.8 Å². The molecule has 41 heavy (non-hydrogen) atoms. The molecule has 8 rings (SSSR count). The van der Waals surface area contributed by atoms with E-state index in [-0.39, 0.29) is 0 Å². The Bertz CT molecular complexity index is 2240. The number of fused-ring (bicyclic) bond motifs is 4. The van der Waals surface area contributed by atoms with Gasteiger partial charge in [0.15, 0.2) is 5.82 Å². The second-order valence-corrected chi connectivity index (χ2v) is 10.8. The third-order valence-corrected chi connectivity index (χ3v) is 8.16. The van der Waals surface area contributed by atoms with E-state index < -0.39 is 0 Å². The Labute approximate surface area is 240 Å². The zero-order chi connectivity index (χ0) is 27.3. The van der Waals surface area contributed by atoms with Gasteiger partial charge in [-0.25, -0.2) is 15.0 Å². The molecule has 5 nitrogen and oxygen atoms in total. The first kappa shape index (κ1) is 23.9. The van der Waals surface area contributed by atoms with Crippen LogP contribution in [0.25, 0.3) is 66.3 Å². The van der Waals surface area contributed by atoms with Crippen molar-refractivity contribution in [3.8, 4) is 22.6 Å². The lowest BCUT2D eigenvalue weighted by Gasteiger charge is -2.07. The Hall–Kier alpha value is -5.00. The van der Waals surface area contributed by atoms with Crippen molar-refractivity contribution in [1.29, 1.82) is 0 Å². The molecule has 4 aromatic carbocycles. The smallest absolute Gasteiger partial charge is 0.161 e. The van der Waals surface area contributed by atoms with Crippen LogP contribution in [0.5, 0.6) is 0 Å². The molecule has 4 aromatic heterocycles. The molecule has 0 saturated carbocycles. The van der Waals surface area contributed by atoms with E-state index >= 15 is 0 Å². The molecule has 6 heteroatoms. The molecule has 0 fully saturated rings. The number of aromatic amines is 2. The van der Waals surface area contributed by atoms with E-state index in [1.54, 1.807) is 0 Å². The van der Waals surface area contributed by atoms with Gasteiger partial charge in [0.2, 0.25) is 0 Å². The summed E-state index contributed by atoms with van der Waals surface area (Å²) in [6.45, 7) is 0. The molecule has 0 unspecified atom stereocenters. The highest BCUT2D eigenvalue weighted by molar-refractivity contribution is 6.31. The van der Waals surface area contributed by atoms with E-state index in [4.69, 9.17) is 21.6 Å². The number of H-pyrrole nitrogens is 2. The molecule has 0 saturated heterocycles. The molecular formula is C35H24ClN5. The number of aryl methyl sites for hydroxylation is 2. The fourth-order valence-corrected chi connectivity index (χ4v) is 6.03. The zero-order valence-corrected chi connectivity index (χ0v) is 22.8. The fraction of sp³-hybridized carbons (Fsp3) is 0.0571. The number of hydrogen-bond donors (Lipinski definition) is 2. The molecule has 0 atom stereocenters. The van der Waals surface area contributed by atoms with Crippen molar-refractivity contribution in [2.75, 3.05) is 0 Å². The minimum atomic E-state index is 0.692. The van der Waals surface area contributed by atoms with E-state index in [9.17, 15) is 0 Å². The average Bonchev–Trinajstić information content (AvgIpc) is 3.65. The lowest BCUT2D eigenvalue weighted by atomic mass is 9.99. The zero-order valence-electron chi connectivity index (χ0n) is 22.0. The Morgan fingerprint density at radius 2 is 1.32 bits per heavy atom. The standard InChI is InChI=1S/C35H24ClN5/c36-25-15-13-21-14-16-31(40-32(21)17-25)28-19-37-33-22(6-3-8-26(28)33)11-12-23-7-4-9-27-29(20-38-34(23)27)35-39-18-24-5-1-2-10-30(24)41-35/h1-10,13-20,37-38H,11-12H2. The van der Waals surface area contributed by atoms with Crippen molar-refractivity contribution in [3.63, 3.8) is 0 Å². The summed E-state index contributed by atoms with van der Waals surface area (Å²) < 4.78 is 0. The van der Waals surface area contributed by atoms with E-state index in [0.717, 1.165) is 73.7 Å². The Balaban J connectivity index is 1.11. The maximum absolute atomic E-state index is 6.23. The Kier molecular flexibility index (Phi) is 5.57. The van der Waals surface area contributed by atoms with Crippen LogP contribution in [0.2, 0.25) is 5.02 Å². The van der Waals surface area contributed by atoms with Gasteiger partial charge in [-0.3, -0.25) is 0 Å². The van der Waals surface area contributed by atoms with Crippen LogP contribution >= 0.6 is 11.6 Å². The van der Waals surface area contributed by atoms with Gasteiger partial charge in [-0.1, -0.05) is 78.3 Å². The van der Waals surface area contributed by atoms with Crippen LogP contribution in [-0.2, 0) is 12.8 Å². The van der Waals surface area contributed by atoms with Crippen LogP contribution in [0.4, 0.5) is 0 Å². The molecule has 0 spiro atoms. The minimum Gasteiger partial charge on any atom is -0.360 e. The summed E-state index contributed by atoms with van der Waals surface area (Å²) in [6.07, 6.45) is 7.79. The van der Waals surface area contributed by atoms with Crippen molar-refractivity contribution in [1.82, 2.24) is 24.9 Å². The molecule has 0 amide bonds. The molecule has 0 aliphatic heterocycles. The van der Waals surface area contributed by atoms with Crippen LogP contribution in [0.3, 0.4) is 0 Å². The Morgan fingerprint density at radius 1 is 0.610 bits per heavy atom. The first-order valence-corrected chi connectivity index (χ1v) is 14.1. The summed E-state index contributed by atoms with van der Waals surface area (Å²) in [4.78, 5) is 21.4. The van der Waals surface area contributed by atoms with Crippen molar-refractivity contribution < 1.29 is 0 Å². The van der Waals surface area contributed by atoms with Gasteiger partial charge in [0.1, 0.15) is 0 Å². The highest BCUT2D eigenvalue weighted by Crippen LogP contribution is 2.33. The fourth-order valence-electron chi connectivity index (χ4n) is 5.86. The van der Waals surface area contributed by atoms with E-state index in [2.05, 4.69) is 69.7 Å². The van der Waals surface area contributed by atoms with Crippen LogP contribution in [0, 0.1) is 0 Å². The Morgan fingerprint density at radius 3 is 2.12 bits per heavy atom. The summed E-state index contributed by atoms with van der Waals surface area (Å²) in [6, 6.07) is 31.1. The summed E-state index contributed by atoms with van der Waals surface area (Å²) >= 11 is 6.23. The van der Waals surface area contributed by atoms with Gasteiger partial charge in [-0.05, 0) is 48.2 Å². The highest BCUT2D eigenvalue weighted by Gasteiger charge is 2.14. The minimum absolute atomic E-state index is 0.692. The van der Waals surface area contributed by atoms with Gasteiger partial charge >= 0.3 is 0 Å². The third kappa shape index (κ3) is 4.14. The maximum Gasteiger partial charge on any atom is 0.161 e. The normalized spacial score (nSPS) is 11.7. The van der Waals surface area contributed by atoms with Gasteiger partial charge in [0.25, 0.3) is 0 Å². The summed E-state index contributed by atoms with van der Waals surface area (Å²) in [7, 11) is 0. The van der Waals surface area contributed by atoms with Crippen LogP contribution in [-0.4, -0.2) is 24.9 Å². The van der Waals surface area contributed by atoms with Crippen molar-refractivity contribution in [2.24, 2.45) is 0 Å². The third-order valence-electron chi connectivity index (χ3n) is 7.93. The molecule has 8 aromatic rings. The average molecular weight is 550 g/mol. The highest BCUT2D eigenvalue weighted by atomic mass is 35.5. The molecule has 0 aliphatic rings. The summed E-state index contributed by atoms with van der Waals surface area (Å²) in [5.74, 6) is 0.736. The molecular weight excluding hydrogens is 526 g/mol. The van der Waals surface area contributed by atoms with Gasteiger partial charge in [-0.15, -0.1) is 0 Å². The van der Waals surface area contributed by atoms with Gasteiger partial charge < -0.3 is 9.97 Å². The second-order valence-electron chi connectivity index (χ2n) is 10.4. The quantitative estimate of drug-likeness (QED) is 0.225. The summed E-state index contributed by atoms with van der Waals surface area (Å²) in [5, 5.41) is 5.12. The number of hydrogen-bond acceptors (Lipinski definition) is 3. The number of rotatable bonds is 5. The van der Waals surface area contributed by atoms with Crippen LogP contribution in [0.1, 0.15) is 11.1 Å². The summed E-state index contributed by atoms with van der Waals surface area (Å²) in [5.41, 5.74) is 9.73. The lowest BCUT2D eigenvalue weighted by Crippen LogP contribution is -1.94. The van der Waals surface area contributed by atoms with Gasteiger partial charge in [-0.2, -0.15) is 0 Å². The van der Waals surface area contributed by atoms with Crippen molar-refractivity contribution in [3.05, 3.63) is 126 Å². The second kappa shape index (κ2) is 9.58. The largest absolute Gasteiger partial charge is 0.360 e. The molecule has 0 radical (unpaired) electrons. The number of para-hydroxylation sites is 3. The molecule has 2 N–H and O–H groups in total. The number of nitrogens with zero attached hydrogens (tertiary/aromatic N) is 3. The lowest BCUT2D eigenvalue weighted by molar-refractivity contribution is 0.972. The molecule has 196 valence electrons. The number of halogens is 1.